The van der Waals surface area contributed by atoms with Gasteiger partial charge < -0.3 is 21.1 Å². The van der Waals surface area contributed by atoms with E-state index in [1.165, 1.54) is 19.5 Å². The SMILES string of the molecule is CN[C@@](C)(Cc1cc2c(Nc3cccc(Cl)c3F)ncnc2cc1OC)C(N)=O. The monoisotopic (exact) mass is 417 g/mol. The number of ether oxygens (including phenoxy) is 1. The third-order valence-corrected chi connectivity index (χ3v) is 5.17. The van der Waals surface area contributed by atoms with Gasteiger partial charge in [0.05, 0.1) is 28.9 Å². The van der Waals surface area contributed by atoms with Crippen LogP contribution in [0.2, 0.25) is 5.02 Å². The molecule has 3 aromatic rings. The highest BCUT2D eigenvalue weighted by Gasteiger charge is 2.30. The van der Waals surface area contributed by atoms with Crippen LogP contribution in [-0.2, 0) is 11.2 Å². The molecule has 3 rings (SSSR count). The Morgan fingerprint density at radius 2 is 2.10 bits per heavy atom. The minimum atomic E-state index is -0.983. The lowest BCUT2D eigenvalue weighted by Crippen LogP contribution is -2.53. The molecule has 0 radical (unpaired) electrons. The van der Waals surface area contributed by atoms with E-state index < -0.39 is 17.3 Å². The lowest BCUT2D eigenvalue weighted by molar-refractivity contribution is -0.123. The number of carbonyl (C=O) groups excluding carboxylic acids is 1. The highest BCUT2D eigenvalue weighted by Crippen LogP contribution is 2.33. The average Bonchev–Trinajstić information content (AvgIpc) is 2.71. The second-order valence-corrected chi connectivity index (χ2v) is 7.16. The van der Waals surface area contributed by atoms with Crippen molar-refractivity contribution < 1.29 is 13.9 Å². The first-order valence-electron chi connectivity index (χ1n) is 8.80. The molecule has 0 aliphatic rings. The number of fused-ring (bicyclic) bond motifs is 1. The van der Waals surface area contributed by atoms with Gasteiger partial charge in [0.1, 0.15) is 17.9 Å². The zero-order valence-corrected chi connectivity index (χ0v) is 17.0. The van der Waals surface area contributed by atoms with Gasteiger partial charge in [0, 0.05) is 17.9 Å². The average molecular weight is 418 g/mol. The quantitative estimate of drug-likeness (QED) is 0.545. The molecule has 1 heterocycles. The third-order valence-electron chi connectivity index (χ3n) is 4.88. The minimum Gasteiger partial charge on any atom is -0.496 e. The maximum atomic E-state index is 14.3. The summed E-state index contributed by atoms with van der Waals surface area (Å²) in [7, 11) is 3.20. The topological polar surface area (TPSA) is 102 Å². The van der Waals surface area contributed by atoms with Crippen LogP contribution in [0.5, 0.6) is 5.75 Å². The van der Waals surface area contributed by atoms with E-state index in [2.05, 4.69) is 20.6 Å². The number of nitrogens with one attached hydrogen (secondary N) is 2. The zero-order valence-electron chi connectivity index (χ0n) is 16.2. The molecule has 0 aliphatic heterocycles. The maximum absolute atomic E-state index is 14.3. The van der Waals surface area contributed by atoms with Crippen LogP contribution in [0.15, 0.2) is 36.7 Å². The third kappa shape index (κ3) is 4.08. The summed E-state index contributed by atoms with van der Waals surface area (Å²) in [5.74, 6) is -0.124. The van der Waals surface area contributed by atoms with Gasteiger partial charge in [-0.3, -0.25) is 4.79 Å². The Morgan fingerprint density at radius 3 is 2.76 bits per heavy atom. The van der Waals surface area contributed by atoms with Gasteiger partial charge in [-0.15, -0.1) is 0 Å². The Morgan fingerprint density at radius 1 is 1.34 bits per heavy atom. The number of methoxy groups -OCH3 is 1. The molecule has 0 aliphatic carbocycles. The molecule has 0 saturated heterocycles. The number of halogens is 2. The van der Waals surface area contributed by atoms with E-state index in [1.807, 2.05) is 0 Å². The summed E-state index contributed by atoms with van der Waals surface area (Å²) < 4.78 is 19.8. The van der Waals surface area contributed by atoms with Crippen LogP contribution < -0.4 is 21.1 Å². The molecule has 1 atom stereocenters. The minimum absolute atomic E-state index is 0.00182. The number of nitrogens with zero attached hydrogens (tertiary/aromatic N) is 2. The van der Waals surface area contributed by atoms with Crippen LogP contribution in [0.1, 0.15) is 12.5 Å². The van der Waals surface area contributed by atoms with Crippen molar-refractivity contribution in [3.05, 3.63) is 53.1 Å². The van der Waals surface area contributed by atoms with Gasteiger partial charge in [-0.25, -0.2) is 14.4 Å². The smallest absolute Gasteiger partial charge is 0.237 e. The van der Waals surface area contributed by atoms with E-state index in [0.29, 0.717) is 22.5 Å². The number of nitrogens with two attached hydrogens (primary N) is 1. The highest BCUT2D eigenvalue weighted by molar-refractivity contribution is 6.31. The van der Waals surface area contributed by atoms with E-state index >= 15 is 0 Å². The van der Waals surface area contributed by atoms with Crippen LogP contribution in [0.25, 0.3) is 10.9 Å². The Kier molecular flexibility index (Phi) is 5.86. The van der Waals surface area contributed by atoms with Crippen molar-refractivity contribution in [1.82, 2.24) is 15.3 Å². The van der Waals surface area contributed by atoms with Crippen LogP contribution in [0.3, 0.4) is 0 Å². The van der Waals surface area contributed by atoms with Crippen molar-refractivity contribution >= 4 is 39.9 Å². The molecule has 4 N–H and O–H groups in total. The molecule has 7 nitrogen and oxygen atoms in total. The lowest BCUT2D eigenvalue weighted by atomic mass is 9.91. The van der Waals surface area contributed by atoms with E-state index in [-0.39, 0.29) is 17.1 Å². The molecule has 152 valence electrons. The highest BCUT2D eigenvalue weighted by atomic mass is 35.5. The Labute approximate surface area is 172 Å². The molecule has 1 amide bonds. The number of hydrogen-bond acceptors (Lipinski definition) is 6. The number of carbonyl (C=O) groups is 1. The van der Waals surface area contributed by atoms with Crippen LogP contribution in [0.4, 0.5) is 15.9 Å². The first-order chi connectivity index (χ1) is 13.8. The number of likely N-dealkylation sites (N-methyl/N-ethyl adjacent to an activating group) is 1. The van der Waals surface area contributed by atoms with Crippen molar-refractivity contribution in [1.29, 1.82) is 0 Å². The van der Waals surface area contributed by atoms with Crippen molar-refractivity contribution in [2.24, 2.45) is 5.73 Å². The summed E-state index contributed by atoms with van der Waals surface area (Å²) in [6.45, 7) is 1.71. The number of anilines is 2. The van der Waals surface area contributed by atoms with Crippen molar-refractivity contribution in [2.75, 3.05) is 19.5 Å². The maximum Gasteiger partial charge on any atom is 0.237 e. The van der Waals surface area contributed by atoms with Gasteiger partial charge >= 0.3 is 0 Å². The molecule has 9 heteroatoms. The fourth-order valence-electron chi connectivity index (χ4n) is 2.96. The van der Waals surface area contributed by atoms with E-state index in [0.717, 1.165) is 5.56 Å². The van der Waals surface area contributed by atoms with Gasteiger partial charge in [-0.05, 0) is 37.7 Å². The van der Waals surface area contributed by atoms with Crippen molar-refractivity contribution in [2.45, 2.75) is 18.9 Å². The molecular formula is C20H21ClFN5O2. The van der Waals surface area contributed by atoms with Crippen molar-refractivity contribution in [3.8, 4) is 5.75 Å². The van der Waals surface area contributed by atoms with E-state index in [4.69, 9.17) is 22.1 Å². The number of hydrogen-bond donors (Lipinski definition) is 3. The van der Waals surface area contributed by atoms with Gasteiger partial charge in [-0.2, -0.15) is 0 Å². The Hall–Kier alpha value is -2.97. The number of benzene rings is 2. The molecule has 0 bridgehead atoms. The first-order valence-corrected chi connectivity index (χ1v) is 9.18. The van der Waals surface area contributed by atoms with Crippen molar-refractivity contribution in [3.63, 3.8) is 0 Å². The molecule has 2 aromatic carbocycles. The Balaban J connectivity index is 2.11. The molecule has 1 aromatic heterocycles. The normalized spacial score (nSPS) is 13.1. The number of primary amides is 1. The fourth-order valence-corrected chi connectivity index (χ4v) is 3.14. The largest absolute Gasteiger partial charge is 0.496 e. The van der Waals surface area contributed by atoms with E-state index in [9.17, 15) is 9.18 Å². The predicted molar refractivity (Wildman–Crippen MR) is 111 cm³/mol. The fraction of sp³-hybridized carbons (Fsp3) is 0.250. The van der Waals surface area contributed by atoms with Gasteiger partial charge in [0.15, 0.2) is 5.82 Å². The molecule has 0 saturated carbocycles. The molecule has 0 fully saturated rings. The summed E-state index contributed by atoms with van der Waals surface area (Å²) in [5, 5.41) is 6.55. The van der Waals surface area contributed by atoms with E-state index in [1.54, 1.807) is 38.2 Å². The summed E-state index contributed by atoms with van der Waals surface area (Å²) in [6.07, 6.45) is 1.64. The molecule has 29 heavy (non-hydrogen) atoms. The predicted octanol–water partition coefficient (Wildman–Crippen LogP) is 3.18. The number of rotatable bonds is 7. The molecular weight excluding hydrogens is 397 g/mol. The first kappa shape index (κ1) is 20.8. The summed E-state index contributed by atoms with van der Waals surface area (Å²) in [6, 6.07) is 8.20. The van der Waals surface area contributed by atoms with Gasteiger partial charge in [0.25, 0.3) is 0 Å². The Bertz CT molecular complexity index is 1080. The standard InChI is InChI=1S/C20H21ClFN5O2/c1-20(24-2,19(23)28)9-11-7-12-15(8-16(11)29-3)25-10-26-18(12)27-14-6-4-5-13(21)17(14)22/h4-8,10,24H,9H2,1-3H3,(H2,23,28)(H,25,26,27)/t20-/m0/s1. The molecule has 0 unspecified atom stereocenters. The van der Waals surface area contributed by atoms with Gasteiger partial charge in [0.2, 0.25) is 5.91 Å². The summed E-state index contributed by atoms with van der Waals surface area (Å²) >= 11 is 5.87. The second kappa shape index (κ2) is 8.18. The summed E-state index contributed by atoms with van der Waals surface area (Å²) in [5.41, 5.74) is 6.08. The molecule has 0 spiro atoms. The van der Waals surface area contributed by atoms with Crippen LogP contribution >= 0.6 is 11.6 Å². The summed E-state index contributed by atoms with van der Waals surface area (Å²) in [4.78, 5) is 20.4. The second-order valence-electron chi connectivity index (χ2n) is 6.75. The van der Waals surface area contributed by atoms with Crippen LogP contribution in [0, 0.1) is 5.82 Å². The number of aromatic nitrogens is 2. The zero-order chi connectivity index (χ0) is 21.2. The number of amides is 1. The van der Waals surface area contributed by atoms with Crippen LogP contribution in [-0.4, -0.2) is 35.6 Å². The lowest BCUT2D eigenvalue weighted by Gasteiger charge is -2.26. The van der Waals surface area contributed by atoms with Gasteiger partial charge in [-0.1, -0.05) is 17.7 Å².